The molecule has 1 rings (SSSR count). The highest BCUT2D eigenvalue weighted by molar-refractivity contribution is 5.77. The second-order valence-corrected chi connectivity index (χ2v) is 6.36. The van der Waals surface area contributed by atoms with Crippen LogP contribution < -0.4 is 11.1 Å². The largest absolute Gasteiger partial charge is 0.370 e. The van der Waals surface area contributed by atoms with E-state index in [1.165, 1.54) is 19.3 Å². The fraction of sp³-hybridized carbons (Fsp3) is 0.917. The summed E-state index contributed by atoms with van der Waals surface area (Å²) in [4.78, 5) is 3.96. The molecule has 1 aliphatic carbocycles. The summed E-state index contributed by atoms with van der Waals surface area (Å²) in [5.74, 6) is 0.563. The molecule has 0 aliphatic heterocycles. The SMILES string of the molecule is CN=C(N)NC1CC(C)(C)CC(C)(C)C1. The first-order valence-corrected chi connectivity index (χ1v) is 5.73. The van der Waals surface area contributed by atoms with Gasteiger partial charge < -0.3 is 11.1 Å². The Balaban J connectivity index is 2.67. The van der Waals surface area contributed by atoms with Crippen molar-refractivity contribution in [2.24, 2.45) is 21.6 Å². The molecule has 0 bridgehead atoms. The summed E-state index contributed by atoms with van der Waals surface area (Å²) in [6, 6.07) is 0.465. The molecule has 0 unspecified atom stereocenters. The monoisotopic (exact) mass is 211 g/mol. The van der Waals surface area contributed by atoms with Gasteiger partial charge in [-0.3, -0.25) is 4.99 Å². The lowest BCUT2D eigenvalue weighted by molar-refractivity contribution is 0.0921. The first kappa shape index (κ1) is 12.3. The van der Waals surface area contributed by atoms with Crippen molar-refractivity contribution < 1.29 is 0 Å². The zero-order valence-electron chi connectivity index (χ0n) is 10.7. The molecule has 0 aromatic carbocycles. The molecule has 0 atom stereocenters. The Labute approximate surface area is 93.5 Å². The Morgan fingerprint density at radius 3 is 2.07 bits per heavy atom. The average molecular weight is 211 g/mol. The van der Waals surface area contributed by atoms with Crippen LogP contribution in [0.1, 0.15) is 47.0 Å². The molecule has 1 aliphatic rings. The number of hydrogen-bond donors (Lipinski definition) is 2. The number of hydrogen-bond acceptors (Lipinski definition) is 1. The number of nitrogens with zero attached hydrogens (tertiary/aromatic N) is 1. The zero-order valence-corrected chi connectivity index (χ0v) is 10.7. The molecule has 3 heteroatoms. The molecule has 88 valence electrons. The number of guanidine groups is 1. The van der Waals surface area contributed by atoms with Gasteiger partial charge in [0.25, 0.3) is 0 Å². The Bertz CT molecular complexity index is 238. The van der Waals surface area contributed by atoms with Gasteiger partial charge in [-0.1, -0.05) is 27.7 Å². The van der Waals surface area contributed by atoms with Crippen molar-refractivity contribution in [2.75, 3.05) is 7.05 Å². The van der Waals surface area contributed by atoms with Crippen molar-refractivity contribution >= 4 is 5.96 Å². The van der Waals surface area contributed by atoms with Gasteiger partial charge in [0.2, 0.25) is 0 Å². The van der Waals surface area contributed by atoms with Gasteiger partial charge in [-0.05, 0) is 30.1 Å². The van der Waals surface area contributed by atoms with E-state index in [1.807, 2.05) is 0 Å². The molecule has 3 nitrogen and oxygen atoms in total. The first-order valence-electron chi connectivity index (χ1n) is 5.73. The summed E-state index contributed by atoms with van der Waals surface area (Å²) in [7, 11) is 1.72. The van der Waals surface area contributed by atoms with Crippen molar-refractivity contribution in [2.45, 2.75) is 53.0 Å². The van der Waals surface area contributed by atoms with Gasteiger partial charge in [-0.25, -0.2) is 0 Å². The van der Waals surface area contributed by atoms with Gasteiger partial charge in [0.1, 0.15) is 0 Å². The average Bonchev–Trinajstić information content (AvgIpc) is 1.97. The molecule has 1 fully saturated rings. The van der Waals surface area contributed by atoms with Crippen LogP contribution in [0, 0.1) is 10.8 Å². The Hall–Kier alpha value is -0.730. The molecular weight excluding hydrogens is 186 g/mol. The van der Waals surface area contributed by atoms with E-state index in [0.717, 1.165) is 0 Å². The molecular formula is C12H25N3. The van der Waals surface area contributed by atoms with Crippen LogP contribution in [0.25, 0.3) is 0 Å². The van der Waals surface area contributed by atoms with Crippen LogP contribution >= 0.6 is 0 Å². The fourth-order valence-corrected chi connectivity index (χ4v) is 3.22. The summed E-state index contributed by atoms with van der Waals surface area (Å²) in [5, 5.41) is 3.31. The lowest BCUT2D eigenvalue weighted by atomic mass is 9.63. The Kier molecular flexibility index (Phi) is 3.31. The summed E-state index contributed by atoms with van der Waals surface area (Å²) < 4.78 is 0. The van der Waals surface area contributed by atoms with Crippen LogP contribution in [0.2, 0.25) is 0 Å². The van der Waals surface area contributed by atoms with E-state index in [0.29, 0.717) is 22.8 Å². The van der Waals surface area contributed by atoms with Crippen LogP contribution in [-0.2, 0) is 0 Å². The lowest BCUT2D eigenvalue weighted by Crippen LogP contribution is -2.48. The van der Waals surface area contributed by atoms with E-state index in [-0.39, 0.29) is 0 Å². The number of nitrogens with one attached hydrogen (secondary N) is 1. The Morgan fingerprint density at radius 2 is 1.67 bits per heavy atom. The van der Waals surface area contributed by atoms with Crippen molar-refractivity contribution in [3.05, 3.63) is 0 Å². The van der Waals surface area contributed by atoms with Crippen LogP contribution in [-0.4, -0.2) is 19.0 Å². The summed E-state index contributed by atoms with van der Waals surface area (Å²) >= 11 is 0. The van der Waals surface area contributed by atoms with Gasteiger partial charge >= 0.3 is 0 Å². The minimum absolute atomic E-state index is 0.396. The topological polar surface area (TPSA) is 50.4 Å². The second kappa shape index (κ2) is 4.03. The standard InChI is InChI=1S/C12H25N3/c1-11(2)6-9(15-10(13)14-5)7-12(3,4)8-11/h9H,6-8H2,1-5H3,(H3,13,14,15). The molecule has 15 heavy (non-hydrogen) atoms. The molecule has 0 amide bonds. The normalized spacial score (nSPS) is 26.3. The molecule has 1 saturated carbocycles. The maximum atomic E-state index is 5.72. The molecule has 0 aromatic heterocycles. The second-order valence-electron chi connectivity index (χ2n) is 6.36. The van der Waals surface area contributed by atoms with Crippen LogP contribution in [0.5, 0.6) is 0 Å². The highest BCUT2D eigenvalue weighted by Crippen LogP contribution is 2.45. The van der Waals surface area contributed by atoms with E-state index >= 15 is 0 Å². The Morgan fingerprint density at radius 1 is 1.20 bits per heavy atom. The number of aliphatic imine (C=N–C) groups is 1. The highest BCUT2D eigenvalue weighted by Gasteiger charge is 2.38. The third-order valence-corrected chi connectivity index (χ3v) is 3.15. The van der Waals surface area contributed by atoms with Gasteiger partial charge in [-0.15, -0.1) is 0 Å². The van der Waals surface area contributed by atoms with E-state index in [1.54, 1.807) is 7.05 Å². The zero-order chi connectivity index (χ0) is 11.7. The first-order chi connectivity index (χ1) is 6.74. The van der Waals surface area contributed by atoms with Gasteiger partial charge in [0.05, 0.1) is 0 Å². The fourth-order valence-electron chi connectivity index (χ4n) is 3.22. The number of nitrogens with two attached hydrogens (primary N) is 1. The highest BCUT2D eigenvalue weighted by atomic mass is 15.1. The van der Waals surface area contributed by atoms with Crippen molar-refractivity contribution in [1.82, 2.24) is 5.32 Å². The summed E-state index contributed by atoms with van der Waals surface area (Å²) in [6.07, 6.45) is 3.63. The third-order valence-electron chi connectivity index (χ3n) is 3.15. The molecule has 0 aromatic rings. The van der Waals surface area contributed by atoms with Crippen LogP contribution in [0.4, 0.5) is 0 Å². The van der Waals surface area contributed by atoms with E-state index < -0.39 is 0 Å². The predicted octanol–water partition coefficient (Wildman–Crippen LogP) is 2.13. The molecule has 3 N–H and O–H groups in total. The van der Waals surface area contributed by atoms with Gasteiger partial charge in [-0.2, -0.15) is 0 Å². The van der Waals surface area contributed by atoms with E-state index in [2.05, 4.69) is 38.0 Å². The molecule has 0 spiro atoms. The lowest BCUT2D eigenvalue weighted by Gasteiger charge is -2.45. The molecule has 0 radical (unpaired) electrons. The minimum atomic E-state index is 0.396. The minimum Gasteiger partial charge on any atom is -0.370 e. The van der Waals surface area contributed by atoms with Crippen LogP contribution in [0.3, 0.4) is 0 Å². The van der Waals surface area contributed by atoms with Crippen molar-refractivity contribution in [1.29, 1.82) is 0 Å². The smallest absolute Gasteiger partial charge is 0.188 e. The van der Waals surface area contributed by atoms with E-state index in [9.17, 15) is 0 Å². The van der Waals surface area contributed by atoms with Crippen molar-refractivity contribution in [3.63, 3.8) is 0 Å². The van der Waals surface area contributed by atoms with Gasteiger partial charge in [0, 0.05) is 13.1 Å². The van der Waals surface area contributed by atoms with E-state index in [4.69, 9.17) is 5.73 Å². The molecule has 0 saturated heterocycles. The molecule has 0 heterocycles. The summed E-state index contributed by atoms with van der Waals surface area (Å²) in [5.41, 5.74) is 6.51. The quantitative estimate of drug-likeness (QED) is 0.515. The summed E-state index contributed by atoms with van der Waals surface area (Å²) in [6.45, 7) is 9.34. The van der Waals surface area contributed by atoms with Crippen molar-refractivity contribution in [3.8, 4) is 0 Å². The maximum absolute atomic E-state index is 5.72. The third kappa shape index (κ3) is 3.73. The number of rotatable bonds is 1. The predicted molar refractivity (Wildman–Crippen MR) is 65.9 cm³/mol. The maximum Gasteiger partial charge on any atom is 0.188 e. The van der Waals surface area contributed by atoms with Crippen LogP contribution in [0.15, 0.2) is 4.99 Å². The van der Waals surface area contributed by atoms with Gasteiger partial charge in [0.15, 0.2) is 5.96 Å².